The fourth-order valence-corrected chi connectivity index (χ4v) is 3.92. The number of nitrogens with zero attached hydrogens (tertiary/aromatic N) is 1. The van der Waals surface area contributed by atoms with Crippen molar-refractivity contribution >= 4 is 28.4 Å². The average molecular weight is 316 g/mol. The van der Waals surface area contributed by atoms with E-state index in [1.54, 1.807) is 12.3 Å². The minimum absolute atomic E-state index is 0.0262. The fraction of sp³-hybridized carbons (Fsp3) is 0.412. The van der Waals surface area contributed by atoms with Crippen LogP contribution < -0.4 is 5.56 Å². The standard InChI is InChI=1S/C17H20N2O2S/c1-22-11-12-5-4-8-19(10-12)17(21)15-9-18-16(20)14-7-3-2-6-13(14)15/h2-3,6-7,9,12H,4-5,8,10-11H2,1H3,(H,18,20). The molecule has 1 unspecified atom stereocenters. The lowest BCUT2D eigenvalue weighted by Crippen LogP contribution is -2.40. The molecule has 1 atom stereocenters. The monoisotopic (exact) mass is 316 g/mol. The summed E-state index contributed by atoms with van der Waals surface area (Å²) < 4.78 is 0. The highest BCUT2D eigenvalue weighted by molar-refractivity contribution is 7.98. The first-order valence-electron chi connectivity index (χ1n) is 7.59. The van der Waals surface area contributed by atoms with Gasteiger partial charge in [0.25, 0.3) is 11.5 Å². The Morgan fingerprint density at radius 1 is 1.36 bits per heavy atom. The number of aromatic amines is 1. The van der Waals surface area contributed by atoms with Crippen molar-refractivity contribution in [2.75, 3.05) is 25.1 Å². The summed E-state index contributed by atoms with van der Waals surface area (Å²) in [6.07, 6.45) is 5.91. The predicted octanol–water partition coefficient (Wildman–Crippen LogP) is 2.74. The number of benzene rings is 1. The summed E-state index contributed by atoms with van der Waals surface area (Å²) in [5, 5.41) is 1.31. The van der Waals surface area contributed by atoms with Crippen molar-refractivity contribution in [3.05, 3.63) is 46.4 Å². The number of likely N-dealkylation sites (tertiary alicyclic amines) is 1. The normalized spacial score (nSPS) is 18.6. The van der Waals surface area contributed by atoms with Crippen molar-refractivity contribution in [2.45, 2.75) is 12.8 Å². The van der Waals surface area contributed by atoms with Crippen LogP contribution in [0.5, 0.6) is 0 Å². The van der Waals surface area contributed by atoms with Crippen LogP contribution in [0.25, 0.3) is 10.8 Å². The number of aromatic nitrogens is 1. The number of carbonyl (C=O) groups is 1. The summed E-state index contributed by atoms with van der Waals surface area (Å²) in [5.41, 5.74) is 0.450. The smallest absolute Gasteiger partial charge is 0.255 e. The van der Waals surface area contributed by atoms with E-state index in [2.05, 4.69) is 11.2 Å². The molecule has 4 nitrogen and oxygen atoms in total. The van der Waals surface area contributed by atoms with Crippen molar-refractivity contribution in [3.63, 3.8) is 0 Å². The molecule has 5 heteroatoms. The molecule has 2 heterocycles. The molecule has 2 aromatic rings. The maximum atomic E-state index is 12.9. The molecule has 1 aliphatic heterocycles. The number of hydrogen-bond donors (Lipinski definition) is 1. The lowest BCUT2D eigenvalue weighted by molar-refractivity contribution is 0.0687. The average Bonchev–Trinajstić information content (AvgIpc) is 2.55. The van der Waals surface area contributed by atoms with Gasteiger partial charge in [-0.15, -0.1) is 0 Å². The van der Waals surface area contributed by atoms with Crippen molar-refractivity contribution < 1.29 is 4.79 Å². The molecular formula is C17H20N2O2S. The van der Waals surface area contributed by atoms with E-state index in [9.17, 15) is 9.59 Å². The Morgan fingerprint density at radius 3 is 2.91 bits per heavy atom. The predicted molar refractivity (Wildman–Crippen MR) is 91.6 cm³/mol. The van der Waals surface area contributed by atoms with Crippen LogP contribution in [0, 0.1) is 5.92 Å². The SMILES string of the molecule is CSCC1CCCN(C(=O)c2c[nH]c(=O)c3ccccc23)C1. The number of hydrogen-bond acceptors (Lipinski definition) is 3. The summed E-state index contributed by atoms with van der Waals surface area (Å²) in [4.78, 5) is 29.4. The molecule has 0 bridgehead atoms. The quantitative estimate of drug-likeness (QED) is 0.947. The largest absolute Gasteiger partial charge is 0.338 e. The van der Waals surface area contributed by atoms with E-state index >= 15 is 0 Å². The van der Waals surface area contributed by atoms with Crippen molar-refractivity contribution in [1.29, 1.82) is 0 Å². The third kappa shape index (κ3) is 2.90. The summed E-state index contributed by atoms with van der Waals surface area (Å²) in [7, 11) is 0. The van der Waals surface area contributed by atoms with Gasteiger partial charge in [-0.05, 0) is 36.8 Å². The third-order valence-electron chi connectivity index (χ3n) is 4.25. The number of rotatable bonds is 3. The number of fused-ring (bicyclic) bond motifs is 1. The van der Waals surface area contributed by atoms with Gasteiger partial charge in [-0.3, -0.25) is 9.59 Å². The second-order valence-electron chi connectivity index (χ2n) is 5.79. The van der Waals surface area contributed by atoms with Gasteiger partial charge in [0.1, 0.15) is 0 Å². The van der Waals surface area contributed by atoms with Gasteiger partial charge in [-0.1, -0.05) is 18.2 Å². The Kier molecular flexibility index (Phi) is 4.52. The molecule has 0 saturated carbocycles. The molecule has 0 radical (unpaired) electrons. The van der Waals surface area contributed by atoms with E-state index in [1.807, 2.05) is 34.9 Å². The number of piperidine rings is 1. The maximum Gasteiger partial charge on any atom is 0.255 e. The molecule has 3 rings (SSSR count). The van der Waals surface area contributed by atoms with E-state index in [4.69, 9.17) is 0 Å². The van der Waals surface area contributed by atoms with Crippen molar-refractivity contribution in [3.8, 4) is 0 Å². The van der Waals surface area contributed by atoms with Gasteiger partial charge < -0.3 is 9.88 Å². The minimum Gasteiger partial charge on any atom is -0.338 e. The first-order chi connectivity index (χ1) is 10.7. The minimum atomic E-state index is -0.147. The molecule has 1 fully saturated rings. The summed E-state index contributed by atoms with van der Waals surface area (Å²) in [6.45, 7) is 1.62. The zero-order valence-corrected chi connectivity index (χ0v) is 13.5. The Bertz CT molecular complexity index is 739. The van der Waals surface area contributed by atoms with Crippen LogP contribution in [0.15, 0.2) is 35.3 Å². The van der Waals surface area contributed by atoms with Gasteiger partial charge in [0.15, 0.2) is 0 Å². The van der Waals surface area contributed by atoms with Gasteiger partial charge in [0.05, 0.1) is 5.56 Å². The molecular weight excluding hydrogens is 296 g/mol. The Labute approximate surface area is 133 Å². The Balaban J connectivity index is 1.92. The molecule has 0 spiro atoms. The second-order valence-corrected chi connectivity index (χ2v) is 6.70. The van der Waals surface area contributed by atoms with Gasteiger partial charge in [-0.25, -0.2) is 0 Å². The highest BCUT2D eigenvalue weighted by Crippen LogP contribution is 2.23. The van der Waals surface area contributed by atoms with Gasteiger partial charge in [0.2, 0.25) is 0 Å². The molecule has 0 aliphatic carbocycles. The zero-order valence-electron chi connectivity index (χ0n) is 12.7. The Hall–Kier alpha value is -1.75. The van der Waals surface area contributed by atoms with Crippen LogP contribution in [0.4, 0.5) is 0 Å². The van der Waals surface area contributed by atoms with Gasteiger partial charge in [-0.2, -0.15) is 11.8 Å². The van der Waals surface area contributed by atoms with Crippen LogP contribution in [0.2, 0.25) is 0 Å². The molecule has 1 aliphatic rings. The number of carbonyl (C=O) groups excluding carboxylic acids is 1. The second kappa shape index (κ2) is 6.57. The van der Waals surface area contributed by atoms with E-state index < -0.39 is 0 Å². The molecule has 1 aromatic carbocycles. The lowest BCUT2D eigenvalue weighted by atomic mass is 9.98. The third-order valence-corrected chi connectivity index (χ3v) is 5.05. The summed E-state index contributed by atoms with van der Waals surface area (Å²) in [6, 6.07) is 7.30. The van der Waals surface area contributed by atoms with Gasteiger partial charge in [0, 0.05) is 30.1 Å². The molecule has 1 N–H and O–H groups in total. The molecule has 1 aromatic heterocycles. The first kappa shape index (κ1) is 15.2. The Morgan fingerprint density at radius 2 is 2.14 bits per heavy atom. The molecule has 116 valence electrons. The molecule has 1 amide bonds. The van der Waals surface area contributed by atoms with E-state index in [0.29, 0.717) is 16.9 Å². The van der Waals surface area contributed by atoms with E-state index in [0.717, 1.165) is 30.6 Å². The van der Waals surface area contributed by atoms with Crippen molar-refractivity contribution in [2.24, 2.45) is 5.92 Å². The highest BCUT2D eigenvalue weighted by Gasteiger charge is 2.25. The van der Waals surface area contributed by atoms with Crippen LogP contribution >= 0.6 is 11.8 Å². The van der Waals surface area contributed by atoms with E-state index in [1.165, 1.54) is 6.42 Å². The zero-order chi connectivity index (χ0) is 15.5. The lowest BCUT2D eigenvalue weighted by Gasteiger charge is -2.32. The molecule has 22 heavy (non-hydrogen) atoms. The van der Waals surface area contributed by atoms with Gasteiger partial charge >= 0.3 is 0 Å². The first-order valence-corrected chi connectivity index (χ1v) is 8.98. The highest BCUT2D eigenvalue weighted by atomic mass is 32.2. The number of thioether (sulfide) groups is 1. The van der Waals surface area contributed by atoms with Crippen molar-refractivity contribution in [1.82, 2.24) is 9.88 Å². The van der Waals surface area contributed by atoms with Crippen LogP contribution in [-0.2, 0) is 0 Å². The number of H-pyrrole nitrogens is 1. The number of pyridine rings is 1. The summed E-state index contributed by atoms with van der Waals surface area (Å²) in [5.74, 6) is 1.69. The topological polar surface area (TPSA) is 53.2 Å². The van der Waals surface area contributed by atoms with Crippen LogP contribution in [0.3, 0.4) is 0 Å². The number of nitrogens with one attached hydrogen (secondary N) is 1. The van der Waals surface area contributed by atoms with Crippen LogP contribution in [0.1, 0.15) is 23.2 Å². The van der Waals surface area contributed by atoms with E-state index in [-0.39, 0.29) is 11.5 Å². The van der Waals surface area contributed by atoms with Crippen LogP contribution in [-0.4, -0.2) is 40.9 Å². The summed E-state index contributed by atoms with van der Waals surface area (Å²) >= 11 is 1.84. The fourth-order valence-electron chi connectivity index (χ4n) is 3.18. The maximum absolute atomic E-state index is 12.9. The molecule has 1 saturated heterocycles. The number of amides is 1.